The molecule has 0 saturated carbocycles. The number of hydrogen-bond acceptors (Lipinski definition) is 5. The van der Waals surface area contributed by atoms with Gasteiger partial charge in [0.15, 0.2) is 0 Å². The lowest BCUT2D eigenvalue weighted by atomic mass is 9.75. The maximum Gasteiger partial charge on any atom is 0.417 e. The van der Waals surface area contributed by atoms with Crippen LogP contribution in [-0.4, -0.2) is 59.4 Å². The molecule has 36 heavy (non-hydrogen) atoms. The second kappa shape index (κ2) is 10.2. The maximum atomic E-state index is 13.9. The molecule has 2 amide bonds. The summed E-state index contributed by atoms with van der Waals surface area (Å²) >= 11 is 0. The van der Waals surface area contributed by atoms with Crippen LogP contribution < -0.4 is 5.32 Å². The highest BCUT2D eigenvalue weighted by atomic mass is 16.6. The Morgan fingerprint density at radius 3 is 2.47 bits per heavy atom. The number of benzene rings is 1. The van der Waals surface area contributed by atoms with E-state index in [-0.39, 0.29) is 11.9 Å². The van der Waals surface area contributed by atoms with Crippen molar-refractivity contribution in [3.63, 3.8) is 0 Å². The van der Waals surface area contributed by atoms with E-state index in [0.29, 0.717) is 11.5 Å². The smallest absolute Gasteiger partial charge is 0.417 e. The molecule has 0 bridgehead atoms. The van der Waals surface area contributed by atoms with Crippen LogP contribution in [0.25, 0.3) is 10.9 Å². The molecule has 1 aromatic heterocycles. The van der Waals surface area contributed by atoms with Crippen molar-refractivity contribution in [2.45, 2.75) is 77.4 Å². The Bertz CT molecular complexity index is 1120. The number of fused-ring (bicyclic) bond motifs is 3. The summed E-state index contributed by atoms with van der Waals surface area (Å²) in [5.41, 5.74) is 3.84. The molecule has 0 spiro atoms. The van der Waals surface area contributed by atoms with E-state index in [4.69, 9.17) is 9.47 Å². The summed E-state index contributed by atoms with van der Waals surface area (Å²) in [6, 6.07) is 5.80. The van der Waals surface area contributed by atoms with Gasteiger partial charge in [0.25, 0.3) is 5.91 Å². The van der Waals surface area contributed by atoms with Crippen LogP contribution in [0.3, 0.4) is 0 Å². The number of carbonyl (C=O) groups is 2. The molecule has 2 fully saturated rings. The summed E-state index contributed by atoms with van der Waals surface area (Å²) in [6.45, 7) is 8.85. The molecule has 7 nitrogen and oxygen atoms in total. The first-order valence-electron chi connectivity index (χ1n) is 13.7. The Morgan fingerprint density at radius 2 is 1.78 bits per heavy atom. The highest BCUT2D eigenvalue weighted by Crippen LogP contribution is 2.39. The average Bonchev–Trinajstić information content (AvgIpc) is 3.15. The van der Waals surface area contributed by atoms with Gasteiger partial charge in [0.05, 0.1) is 0 Å². The Morgan fingerprint density at radius 1 is 1.06 bits per heavy atom. The fourth-order valence-electron chi connectivity index (χ4n) is 6.44. The average molecular weight is 496 g/mol. The zero-order valence-electron chi connectivity index (χ0n) is 22.3. The number of piperidine rings is 1. The minimum atomic E-state index is -0.663. The van der Waals surface area contributed by atoms with E-state index in [9.17, 15) is 9.59 Å². The first-order chi connectivity index (χ1) is 17.2. The quantitative estimate of drug-likeness (QED) is 0.660. The third kappa shape index (κ3) is 5.05. The van der Waals surface area contributed by atoms with E-state index >= 15 is 0 Å². The summed E-state index contributed by atoms with van der Waals surface area (Å²) in [7, 11) is 2.14. The lowest BCUT2D eigenvalue weighted by molar-refractivity contribution is 0.0139. The molecular formula is C29H41N3O4. The van der Waals surface area contributed by atoms with Gasteiger partial charge in [0.1, 0.15) is 5.60 Å². The molecule has 0 radical (unpaired) electrons. The van der Waals surface area contributed by atoms with E-state index in [2.05, 4.69) is 23.0 Å². The summed E-state index contributed by atoms with van der Waals surface area (Å²) in [6.07, 6.45) is 6.57. The predicted molar refractivity (Wildman–Crippen MR) is 140 cm³/mol. The normalized spacial score (nSPS) is 21.8. The number of carbonyl (C=O) groups excluding carboxylic acids is 2. The van der Waals surface area contributed by atoms with Crippen molar-refractivity contribution < 1.29 is 19.1 Å². The number of rotatable bonds is 3. The van der Waals surface area contributed by atoms with Crippen LogP contribution in [0, 0.1) is 11.8 Å². The van der Waals surface area contributed by atoms with Gasteiger partial charge in [-0.3, -0.25) is 4.79 Å². The van der Waals surface area contributed by atoms with Gasteiger partial charge in [-0.25, -0.2) is 9.69 Å². The summed E-state index contributed by atoms with van der Waals surface area (Å²) in [5, 5.41) is 4.48. The van der Waals surface area contributed by atoms with Crippen molar-refractivity contribution in [3.8, 4) is 0 Å². The molecule has 2 aliphatic heterocycles. The van der Waals surface area contributed by atoms with Crippen molar-refractivity contribution in [3.05, 3.63) is 35.0 Å². The summed E-state index contributed by atoms with van der Waals surface area (Å²) < 4.78 is 13.6. The van der Waals surface area contributed by atoms with Crippen LogP contribution in [0.15, 0.2) is 18.2 Å². The number of amides is 2. The zero-order chi connectivity index (χ0) is 25.4. The van der Waals surface area contributed by atoms with Crippen molar-refractivity contribution >= 4 is 22.9 Å². The van der Waals surface area contributed by atoms with Gasteiger partial charge in [-0.2, -0.15) is 0 Å². The van der Waals surface area contributed by atoms with Gasteiger partial charge in [-0.15, -0.1) is 0 Å². The largest absolute Gasteiger partial charge is 0.443 e. The molecule has 196 valence electrons. The Hall–Kier alpha value is -2.38. The minimum absolute atomic E-state index is 0.160. The first kappa shape index (κ1) is 25.3. The van der Waals surface area contributed by atoms with Crippen molar-refractivity contribution in [2.75, 3.05) is 26.3 Å². The first-order valence-corrected chi connectivity index (χ1v) is 13.7. The molecule has 3 aliphatic rings. The van der Waals surface area contributed by atoms with E-state index in [1.165, 1.54) is 22.6 Å². The molecule has 2 saturated heterocycles. The monoisotopic (exact) mass is 495 g/mol. The third-order valence-corrected chi connectivity index (χ3v) is 8.32. The number of aromatic nitrogens is 1. The molecule has 5 rings (SSSR count). The van der Waals surface area contributed by atoms with Gasteiger partial charge < -0.3 is 19.4 Å². The van der Waals surface area contributed by atoms with Gasteiger partial charge in [0, 0.05) is 48.5 Å². The molecule has 1 aromatic carbocycles. The standard InChI is InChI=1S/C29H41N3O4/c1-29(2,3)36-28(34)32(22-9-13-30-14-10-22)27(33)21-6-8-26-24(18-21)23-17-20(5-7-25(23)31(26)4)19-11-15-35-16-12-19/h6,8,18-20,22,30H,5,7,9-17H2,1-4H3. The van der Waals surface area contributed by atoms with Gasteiger partial charge in [-0.1, -0.05) is 0 Å². The topological polar surface area (TPSA) is 72.8 Å². The van der Waals surface area contributed by atoms with Gasteiger partial charge in [0.2, 0.25) is 0 Å². The van der Waals surface area contributed by atoms with Crippen molar-refractivity contribution in [1.29, 1.82) is 0 Å². The predicted octanol–water partition coefficient (Wildman–Crippen LogP) is 4.84. The zero-order valence-corrected chi connectivity index (χ0v) is 22.3. The van der Waals surface area contributed by atoms with E-state index in [1.807, 2.05) is 32.9 Å². The molecule has 1 unspecified atom stereocenters. The minimum Gasteiger partial charge on any atom is -0.443 e. The van der Waals surface area contributed by atoms with Crippen LogP contribution in [0.4, 0.5) is 4.79 Å². The second-order valence-electron chi connectivity index (χ2n) is 11.8. The summed E-state index contributed by atoms with van der Waals surface area (Å²) in [4.78, 5) is 28.5. The van der Waals surface area contributed by atoms with Crippen LogP contribution in [0.1, 0.15) is 74.5 Å². The molecule has 7 heteroatoms. The van der Waals surface area contributed by atoms with Crippen LogP contribution in [-0.2, 0) is 29.4 Å². The van der Waals surface area contributed by atoms with Crippen molar-refractivity contribution in [1.82, 2.24) is 14.8 Å². The third-order valence-electron chi connectivity index (χ3n) is 8.32. The second-order valence-corrected chi connectivity index (χ2v) is 11.8. The fourth-order valence-corrected chi connectivity index (χ4v) is 6.44. The SMILES string of the molecule is Cn1c2c(c3cc(C(=O)N(C(=O)OC(C)(C)C)C4CCNCC4)ccc31)CC(C1CCOCC1)CC2. The highest BCUT2D eigenvalue weighted by Gasteiger charge is 2.36. The Balaban J connectivity index is 1.47. The van der Waals surface area contributed by atoms with Crippen LogP contribution in [0.5, 0.6) is 0 Å². The van der Waals surface area contributed by atoms with Gasteiger partial charge >= 0.3 is 6.09 Å². The highest BCUT2D eigenvalue weighted by molar-refractivity contribution is 6.05. The molecule has 3 heterocycles. The molecule has 1 atom stereocenters. The number of nitrogens with one attached hydrogen (secondary N) is 1. The number of ether oxygens (including phenoxy) is 2. The molecule has 1 N–H and O–H groups in total. The number of aryl methyl sites for hydroxylation is 1. The van der Waals surface area contributed by atoms with Gasteiger partial charge in [-0.05, 0) is 114 Å². The van der Waals surface area contributed by atoms with Crippen LogP contribution in [0.2, 0.25) is 0 Å². The number of imide groups is 1. The number of hydrogen-bond donors (Lipinski definition) is 1. The fraction of sp³-hybridized carbons (Fsp3) is 0.655. The Labute approximate surface area is 214 Å². The molecule has 1 aliphatic carbocycles. The van der Waals surface area contributed by atoms with Crippen molar-refractivity contribution in [2.24, 2.45) is 18.9 Å². The summed E-state index contributed by atoms with van der Waals surface area (Å²) in [5.74, 6) is 1.13. The van der Waals surface area contributed by atoms with Crippen LogP contribution >= 0.6 is 0 Å². The number of nitrogens with zero attached hydrogens (tertiary/aromatic N) is 2. The maximum absolute atomic E-state index is 13.9. The van der Waals surface area contributed by atoms with E-state index in [1.54, 1.807) is 0 Å². The Kier molecular flexibility index (Phi) is 7.14. The lowest BCUT2D eigenvalue weighted by Gasteiger charge is -2.34. The molecular weight excluding hydrogens is 454 g/mol. The van der Waals surface area contributed by atoms with E-state index < -0.39 is 11.7 Å². The molecule has 2 aromatic rings. The lowest BCUT2D eigenvalue weighted by Crippen LogP contribution is -2.50. The van der Waals surface area contributed by atoms with E-state index in [0.717, 1.165) is 81.6 Å².